The maximum Gasteiger partial charge on any atom is 0.390 e. The third-order valence-electron chi connectivity index (χ3n) is 5.27. The lowest BCUT2D eigenvalue weighted by Gasteiger charge is -2.19. The van der Waals surface area contributed by atoms with E-state index in [1.807, 2.05) is 0 Å². The first-order chi connectivity index (χ1) is 16.2. The molecule has 0 radical (unpaired) electrons. The molecular formula is C24H26ClF3N2O4S. The van der Waals surface area contributed by atoms with E-state index in [-0.39, 0.29) is 34.5 Å². The molecule has 11 heteroatoms. The van der Waals surface area contributed by atoms with Gasteiger partial charge in [0.25, 0.3) is 5.56 Å². The second-order valence-electron chi connectivity index (χ2n) is 9.04. The van der Waals surface area contributed by atoms with E-state index >= 15 is 0 Å². The summed E-state index contributed by atoms with van der Waals surface area (Å²) in [6.45, 7) is 6.03. The summed E-state index contributed by atoms with van der Waals surface area (Å²) in [6.07, 6.45) is -5.29. The Morgan fingerprint density at radius 1 is 1.09 bits per heavy atom. The molecule has 0 atom stereocenters. The second-order valence-corrected chi connectivity index (χ2v) is 10.4. The van der Waals surface area contributed by atoms with Gasteiger partial charge in [0, 0.05) is 18.1 Å². The van der Waals surface area contributed by atoms with Gasteiger partial charge in [0.1, 0.15) is 15.3 Å². The van der Waals surface area contributed by atoms with Crippen LogP contribution in [0.5, 0.6) is 0 Å². The van der Waals surface area contributed by atoms with E-state index in [9.17, 15) is 27.6 Å². The molecule has 2 heterocycles. The summed E-state index contributed by atoms with van der Waals surface area (Å²) in [5.41, 5.74) is -1.28. The Bertz CT molecular complexity index is 1370. The number of carbonyl (C=O) groups is 1. The molecule has 0 aliphatic rings. The Balaban J connectivity index is 2.22. The number of alkyl halides is 3. The highest BCUT2D eigenvalue weighted by Crippen LogP contribution is 2.32. The Labute approximate surface area is 208 Å². The molecule has 1 aromatic carbocycles. The highest BCUT2D eigenvalue weighted by molar-refractivity contribution is 7.20. The number of nitrogens with zero attached hydrogens (tertiary/aromatic N) is 2. The monoisotopic (exact) mass is 530 g/mol. The molecule has 0 saturated heterocycles. The number of carbonyl (C=O) groups excluding carboxylic acids is 1. The van der Waals surface area contributed by atoms with E-state index in [4.69, 9.17) is 16.3 Å². The van der Waals surface area contributed by atoms with Gasteiger partial charge in [-0.05, 0) is 50.8 Å². The van der Waals surface area contributed by atoms with Crippen molar-refractivity contribution in [1.82, 2.24) is 9.13 Å². The fraction of sp³-hybridized carbons (Fsp3) is 0.458. The van der Waals surface area contributed by atoms with Crippen LogP contribution < -0.4 is 11.2 Å². The molecule has 35 heavy (non-hydrogen) atoms. The fourth-order valence-electron chi connectivity index (χ4n) is 3.71. The predicted molar refractivity (Wildman–Crippen MR) is 131 cm³/mol. The van der Waals surface area contributed by atoms with Crippen molar-refractivity contribution in [3.8, 4) is 0 Å². The van der Waals surface area contributed by atoms with Gasteiger partial charge in [-0.3, -0.25) is 13.9 Å². The fourth-order valence-corrected chi connectivity index (χ4v) is 5.22. The molecule has 0 fully saturated rings. The SMILES string of the molecule is CCc1c(C(=O)OC(C)(C)C)sc2c1c(=O)n(CCc1ccccc1Cl)c(=O)n2CCC(F)(F)F. The predicted octanol–water partition coefficient (Wildman–Crippen LogP) is 5.59. The van der Waals surface area contributed by atoms with Crippen LogP contribution >= 0.6 is 22.9 Å². The Morgan fingerprint density at radius 2 is 1.74 bits per heavy atom. The molecule has 0 aliphatic heterocycles. The zero-order chi connectivity index (χ0) is 26.1. The molecule has 6 nitrogen and oxygen atoms in total. The van der Waals surface area contributed by atoms with Crippen molar-refractivity contribution in [2.45, 2.75) is 71.8 Å². The number of aromatic nitrogens is 2. The van der Waals surface area contributed by atoms with Gasteiger partial charge in [-0.15, -0.1) is 11.3 Å². The van der Waals surface area contributed by atoms with Crippen LogP contribution in [0.15, 0.2) is 33.9 Å². The van der Waals surface area contributed by atoms with Gasteiger partial charge in [0.2, 0.25) is 0 Å². The third-order valence-corrected chi connectivity index (χ3v) is 6.88. The van der Waals surface area contributed by atoms with E-state index in [1.165, 1.54) is 0 Å². The smallest absolute Gasteiger partial charge is 0.390 e. The van der Waals surface area contributed by atoms with Crippen LogP contribution in [0.25, 0.3) is 10.2 Å². The van der Waals surface area contributed by atoms with Gasteiger partial charge in [-0.2, -0.15) is 13.2 Å². The summed E-state index contributed by atoms with van der Waals surface area (Å²) in [6, 6.07) is 6.92. The summed E-state index contributed by atoms with van der Waals surface area (Å²) >= 11 is 7.00. The first kappa shape index (κ1) is 27.0. The molecule has 3 rings (SSSR count). The molecule has 190 valence electrons. The largest absolute Gasteiger partial charge is 0.456 e. The van der Waals surface area contributed by atoms with Crippen molar-refractivity contribution in [3.05, 3.63) is 66.1 Å². The minimum absolute atomic E-state index is 0.0379. The van der Waals surface area contributed by atoms with E-state index in [1.54, 1.807) is 52.0 Å². The molecule has 0 saturated carbocycles. The second kappa shape index (κ2) is 10.2. The normalized spacial score (nSPS) is 12.3. The summed E-state index contributed by atoms with van der Waals surface area (Å²) in [7, 11) is 0. The zero-order valence-electron chi connectivity index (χ0n) is 19.8. The number of halogens is 4. The van der Waals surface area contributed by atoms with Crippen LogP contribution in [-0.4, -0.2) is 26.9 Å². The van der Waals surface area contributed by atoms with Crippen LogP contribution in [0.3, 0.4) is 0 Å². The van der Waals surface area contributed by atoms with Crippen molar-refractivity contribution < 1.29 is 22.7 Å². The lowest BCUT2D eigenvalue weighted by Crippen LogP contribution is -2.40. The summed E-state index contributed by atoms with van der Waals surface area (Å²) in [5, 5.41) is 0.523. The summed E-state index contributed by atoms with van der Waals surface area (Å²) in [4.78, 5) is 39.7. The summed E-state index contributed by atoms with van der Waals surface area (Å²) < 4.78 is 46.5. The summed E-state index contributed by atoms with van der Waals surface area (Å²) in [5.74, 6) is -0.688. The topological polar surface area (TPSA) is 70.3 Å². The first-order valence-corrected chi connectivity index (χ1v) is 12.3. The number of esters is 1. The van der Waals surface area contributed by atoms with Gasteiger partial charge in [0.05, 0.1) is 11.8 Å². The Kier molecular flexibility index (Phi) is 7.86. The number of thiophene rings is 1. The van der Waals surface area contributed by atoms with Crippen LogP contribution in [-0.2, 0) is 30.7 Å². The number of aryl methyl sites for hydroxylation is 3. The maximum absolute atomic E-state index is 13.5. The third kappa shape index (κ3) is 6.16. The molecule has 0 unspecified atom stereocenters. The number of hydrogen-bond acceptors (Lipinski definition) is 5. The number of fused-ring (bicyclic) bond motifs is 1. The number of hydrogen-bond donors (Lipinski definition) is 0. The van der Waals surface area contributed by atoms with Gasteiger partial charge in [-0.25, -0.2) is 9.59 Å². The number of rotatable bonds is 7. The van der Waals surface area contributed by atoms with Gasteiger partial charge >= 0.3 is 17.8 Å². The highest BCUT2D eigenvalue weighted by atomic mass is 35.5. The van der Waals surface area contributed by atoms with Crippen LogP contribution in [0.4, 0.5) is 13.2 Å². The van der Waals surface area contributed by atoms with Crippen molar-refractivity contribution in [1.29, 1.82) is 0 Å². The van der Waals surface area contributed by atoms with Gasteiger partial charge in [-0.1, -0.05) is 36.7 Å². The minimum atomic E-state index is -4.51. The van der Waals surface area contributed by atoms with Crippen molar-refractivity contribution in [2.24, 2.45) is 0 Å². The van der Waals surface area contributed by atoms with E-state index < -0.39 is 42.0 Å². The first-order valence-electron chi connectivity index (χ1n) is 11.1. The van der Waals surface area contributed by atoms with E-state index in [2.05, 4.69) is 0 Å². The average Bonchev–Trinajstić information content (AvgIpc) is 3.12. The average molecular weight is 531 g/mol. The minimum Gasteiger partial charge on any atom is -0.456 e. The lowest BCUT2D eigenvalue weighted by atomic mass is 10.1. The van der Waals surface area contributed by atoms with E-state index in [0.717, 1.165) is 20.5 Å². The Hall–Kier alpha value is -2.59. The van der Waals surface area contributed by atoms with Crippen LogP contribution in [0.1, 0.15) is 54.9 Å². The number of ether oxygens (including phenoxy) is 1. The quantitative estimate of drug-likeness (QED) is 0.373. The van der Waals surface area contributed by atoms with Crippen molar-refractivity contribution in [2.75, 3.05) is 0 Å². The molecule has 0 N–H and O–H groups in total. The van der Waals surface area contributed by atoms with Crippen molar-refractivity contribution in [3.63, 3.8) is 0 Å². The number of benzene rings is 1. The molecule has 0 spiro atoms. The van der Waals surface area contributed by atoms with Gasteiger partial charge in [0.15, 0.2) is 0 Å². The molecule has 0 aliphatic carbocycles. The molecular weight excluding hydrogens is 505 g/mol. The molecule has 0 amide bonds. The molecule has 2 aromatic heterocycles. The lowest BCUT2D eigenvalue weighted by molar-refractivity contribution is -0.136. The van der Waals surface area contributed by atoms with E-state index in [0.29, 0.717) is 16.1 Å². The molecule has 3 aromatic rings. The standard InChI is InChI=1S/C24H26ClF3N2O4S/c1-5-15-17-19(31)29(12-10-14-8-6-7-9-16(14)25)22(33)30(13-11-24(26,27)28)20(17)35-18(15)21(32)34-23(2,3)4/h6-9H,5,10-13H2,1-4H3. The van der Waals surface area contributed by atoms with Crippen LogP contribution in [0.2, 0.25) is 5.02 Å². The zero-order valence-corrected chi connectivity index (χ0v) is 21.4. The van der Waals surface area contributed by atoms with Gasteiger partial charge < -0.3 is 4.74 Å². The molecule has 0 bridgehead atoms. The van der Waals surface area contributed by atoms with Crippen molar-refractivity contribution >= 4 is 39.1 Å². The Morgan fingerprint density at radius 3 is 2.31 bits per heavy atom. The maximum atomic E-state index is 13.5. The van der Waals surface area contributed by atoms with Crippen LogP contribution in [0, 0.1) is 0 Å². The highest BCUT2D eigenvalue weighted by Gasteiger charge is 2.30.